The van der Waals surface area contributed by atoms with Crippen LogP contribution in [0, 0.1) is 0 Å². The monoisotopic (exact) mass is 600 g/mol. The maximum absolute atomic E-state index is 13.0. The normalized spacial score (nSPS) is 14.7. The van der Waals surface area contributed by atoms with Crippen molar-refractivity contribution in [3.63, 3.8) is 0 Å². The van der Waals surface area contributed by atoms with Gasteiger partial charge in [0.1, 0.15) is 10.5 Å². The van der Waals surface area contributed by atoms with Gasteiger partial charge in [0.2, 0.25) is 0 Å². The smallest absolute Gasteiger partial charge is 0.338 e. The van der Waals surface area contributed by atoms with E-state index in [0.29, 0.717) is 16.9 Å². The minimum absolute atomic E-state index is 0.217. The number of rotatable bonds is 16. The topological polar surface area (TPSA) is 72.5 Å². The molecule has 0 heterocycles. The largest absolute Gasteiger partial charge is 0.466 e. The molecular formula is C20H52O7Si7. The Kier molecular flexibility index (Phi) is 13.1. The third-order valence-electron chi connectivity index (χ3n) is 4.08. The molecule has 0 radical (unpaired) electrons. The lowest BCUT2D eigenvalue weighted by Crippen LogP contribution is -2.59. The fourth-order valence-corrected chi connectivity index (χ4v) is 33.8. The minimum Gasteiger partial charge on any atom is -0.466 e. The van der Waals surface area contributed by atoms with Crippen molar-refractivity contribution in [1.29, 1.82) is 0 Å². The van der Waals surface area contributed by atoms with Crippen LogP contribution in [0.25, 0.3) is 0 Å². The van der Waals surface area contributed by atoms with Gasteiger partial charge >= 0.3 is 14.0 Å². The fourth-order valence-electron chi connectivity index (χ4n) is 3.68. The predicted molar refractivity (Wildman–Crippen MR) is 161 cm³/mol. The van der Waals surface area contributed by atoms with E-state index in [9.17, 15) is 4.79 Å². The fraction of sp³-hybridized carbons (Fsp3) is 0.850. The molecule has 0 fully saturated rings. The number of carbonyl (C=O) groups excluding carboxylic acids is 1. The summed E-state index contributed by atoms with van der Waals surface area (Å²) in [6.07, 6.45) is 0.679. The first kappa shape index (κ1) is 34.5. The summed E-state index contributed by atoms with van der Waals surface area (Å²) in [5, 5.41) is 0. The van der Waals surface area contributed by atoms with Crippen LogP contribution in [-0.2, 0) is 30.7 Å². The van der Waals surface area contributed by atoms with Crippen LogP contribution in [0.4, 0.5) is 0 Å². The van der Waals surface area contributed by atoms with Gasteiger partial charge in [-0.3, -0.25) is 0 Å². The molecule has 0 bridgehead atoms. The summed E-state index contributed by atoms with van der Waals surface area (Å²) in [6.45, 7) is 31.7. The number of hydrogen-bond acceptors (Lipinski definition) is 7. The maximum atomic E-state index is 13.0. The Bertz CT molecular complexity index is 645. The molecule has 34 heavy (non-hydrogen) atoms. The highest BCUT2D eigenvalue weighted by atomic mass is 29.2. The van der Waals surface area contributed by atoms with Crippen LogP contribution in [0.5, 0.6) is 0 Å². The summed E-state index contributed by atoms with van der Waals surface area (Å²) in [7, 11) is -10.3. The van der Waals surface area contributed by atoms with Crippen molar-refractivity contribution in [1.82, 2.24) is 0 Å². The van der Waals surface area contributed by atoms with E-state index < -0.39 is 62.4 Å². The van der Waals surface area contributed by atoms with E-state index in [1.54, 1.807) is 6.92 Å². The van der Waals surface area contributed by atoms with E-state index >= 15 is 0 Å². The molecule has 0 rings (SSSR count). The lowest BCUT2D eigenvalue weighted by Gasteiger charge is -2.41. The molecule has 0 aromatic heterocycles. The van der Waals surface area contributed by atoms with Crippen molar-refractivity contribution in [2.75, 3.05) is 6.61 Å². The number of ether oxygens (including phenoxy) is 1. The molecule has 0 saturated carbocycles. The standard InChI is InChI=1S/C20H52O7Si7/c1-18(20(2,23-30(3,4)5)24-31(6,7)8)19(21)22-16-15-17-34(29-25-28,26-32(9,10)11)27-33(12,13)14/h1,15-17,29H2,2-14,28H3. The molecule has 14 heteroatoms. The van der Waals surface area contributed by atoms with E-state index in [0.717, 1.165) is 6.04 Å². The van der Waals surface area contributed by atoms with E-state index in [1.165, 1.54) is 0 Å². The van der Waals surface area contributed by atoms with Crippen molar-refractivity contribution >= 4 is 67.1 Å². The summed E-state index contributed by atoms with van der Waals surface area (Å²) < 4.78 is 37.6. The van der Waals surface area contributed by atoms with E-state index in [4.69, 9.17) is 25.9 Å². The number of esters is 1. The van der Waals surface area contributed by atoms with Crippen LogP contribution in [0.2, 0.25) is 84.6 Å². The Labute approximate surface area is 219 Å². The molecule has 0 amide bonds. The van der Waals surface area contributed by atoms with Crippen LogP contribution >= 0.6 is 0 Å². The molecule has 7 nitrogen and oxygen atoms in total. The van der Waals surface area contributed by atoms with Crippen molar-refractivity contribution < 1.29 is 30.7 Å². The highest BCUT2D eigenvalue weighted by molar-refractivity contribution is 7.20. The van der Waals surface area contributed by atoms with Crippen LogP contribution in [0.1, 0.15) is 13.3 Å². The molecule has 0 aromatic rings. The quantitative estimate of drug-likeness (QED) is 0.0874. The lowest BCUT2D eigenvalue weighted by molar-refractivity contribution is -0.147. The predicted octanol–water partition coefficient (Wildman–Crippen LogP) is 3.92. The summed E-state index contributed by atoms with van der Waals surface area (Å²) >= 11 is 0. The van der Waals surface area contributed by atoms with Gasteiger partial charge < -0.3 is 25.9 Å². The first-order valence-corrected chi connectivity index (χ1v) is 31.5. The van der Waals surface area contributed by atoms with Crippen molar-refractivity contribution in [2.45, 2.75) is 104 Å². The molecule has 0 atom stereocenters. The van der Waals surface area contributed by atoms with Gasteiger partial charge in [-0.15, -0.1) is 0 Å². The van der Waals surface area contributed by atoms with Crippen molar-refractivity contribution in [3.8, 4) is 0 Å². The molecular weight excluding hydrogens is 549 g/mol. The van der Waals surface area contributed by atoms with Crippen molar-refractivity contribution in [3.05, 3.63) is 12.2 Å². The SMILES string of the molecule is C=C(C(=O)OCCC[Si](O[Si](C)(C)C)(O[Si](C)(C)C)[SiH2]O[SiH3])C(C)(O[Si](C)(C)C)O[Si](C)(C)C. The van der Waals surface area contributed by atoms with Crippen molar-refractivity contribution in [2.24, 2.45) is 0 Å². The Morgan fingerprint density at radius 1 is 0.824 bits per heavy atom. The van der Waals surface area contributed by atoms with Crippen LogP contribution in [0.15, 0.2) is 12.2 Å². The zero-order chi connectivity index (χ0) is 27.2. The van der Waals surface area contributed by atoms with Gasteiger partial charge in [-0.05, 0) is 98.0 Å². The molecule has 0 aromatic carbocycles. The van der Waals surface area contributed by atoms with E-state index in [2.05, 4.69) is 85.1 Å². The molecule has 0 unspecified atom stereocenters. The molecule has 0 aliphatic heterocycles. The Morgan fingerprint density at radius 2 is 1.24 bits per heavy atom. The highest BCUT2D eigenvalue weighted by Gasteiger charge is 2.45. The maximum Gasteiger partial charge on any atom is 0.338 e. The van der Waals surface area contributed by atoms with E-state index in [1.807, 2.05) is 0 Å². The van der Waals surface area contributed by atoms with E-state index in [-0.39, 0.29) is 12.2 Å². The molecule has 0 spiro atoms. The summed E-state index contributed by atoms with van der Waals surface area (Å²) in [4.78, 5) is 13.0. The molecule has 0 N–H and O–H groups in total. The minimum atomic E-state index is -2.44. The Balaban J connectivity index is 5.40. The summed E-state index contributed by atoms with van der Waals surface area (Å²) in [5.41, 5.74) is 0.217. The van der Waals surface area contributed by atoms with Gasteiger partial charge in [0, 0.05) is 0 Å². The van der Waals surface area contributed by atoms with Gasteiger partial charge in [-0.1, -0.05) is 6.58 Å². The number of hydrogen-bond donors (Lipinski definition) is 0. The molecule has 0 saturated heterocycles. The summed E-state index contributed by atoms with van der Waals surface area (Å²) in [6, 6.07) is 0.782. The van der Waals surface area contributed by atoms with Crippen LogP contribution < -0.4 is 0 Å². The van der Waals surface area contributed by atoms with Gasteiger partial charge in [0.05, 0.1) is 12.2 Å². The first-order valence-electron chi connectivity index (χ1n) is 12.1. The highest BCUT2D eigenvalue weighted by Crippen LogP contribution is 2.31. The lowest BCUT2D eigenvalue weighted by atomic mass is 10.1. The second kappa shape index (κ2) is 12.9. The number of carbonyl (C=O) groups is 1. The van der Waals surface area contributed by atoms with Crippen LogP contribution in [0.3, 0.4) is 0 Å². The first-order chi connectivity index (χ1) is 14.9. The molecule has 202 valence electrons. The average Bonchev–Trinajstić information content (AvgIpc) is 2.51. The Hall–Kier alpha value is 0.528. The van der Waals surface area contributed by atoms with Gasteiger partial charge in [0.15, 0.2) is 48.3 Å². The third kappa shape index (κ3) is 14.9. The molecule has 0 aliphatic carbocycles. The van der Waals surface area contributed by atoms with Gasteiger partial charge in [-0.2, -0.15) is 0 Å². The third-order valence-corrected chi connectivity index (χ3v) is 24.2. The summed E-state index contributed by atoms with van der Waals surface area (Å²) in [5.74, 6) is -1.65. The zero-order valence-electron chi connectivity index (χ0n) is 24.4. The Morgan fingerprint density at radius 3 is 1.56 bits per heavy atom. The van der Waals surface area contributed by atoms with Gasteiger partial charge in [0.25, 0.3) is 0 Å². The second-order valence-electron chi connectivity index (χ2n) is 12.9. The average molecular weight is 601 g/mol. The zero-order valence-corrected chi connectivity index (χ0v) is 32.8. The second-order valence-corrected chi connectivity index (χ2v) is 40.8. The van der Waals surface area contributed by atoms with Gasteiger partial charge in [-0.25, -0.2) is 4.79 Å². The molecule has 0 aliphatic rings. The van der Waals surface area contributed by atoms with Crippen LogP contribution in [-0.4, -0.2) is 79.5 Å².